The van der Waals surface area contributed by atoms with E-state index in [-0.39, 0.29) is 11.7 Å². The van der Waals surface area contributed by atoms with E-state index in [1.165, 1.54) is 11.8 Å². The van der Waals surface area contributed by atoms with Gasteiger partial charge in [-0.15, -0.1) is 0 Å². The van der Waals surface area contributed by atoms with Crippen molar-refractivity contribution in [2.24, 2.45) is 5.10 Å². The lowest BCUT2D eigenvalue weighted by molar-refractivity contribution is -0.118. The van der Waals surface area contributed by atoms with E-state index in [9.17, 15) is 4.79 Å². The van der Waals surface area contributed by atoms with Crippen LogP contribution in [0.1, 0.15) is 11.1 Å². The van der Waals surface area contributed by atoms with E-state index in [1.54, 1.807) is 6.21 Å². The summed E-state index contributed by atoms with van der Waals surface area (Å²) in [7, 11) is 3.99. The largest absolute Gasteiger partial charge is 0.378 e. The number of fused-ring (bicyclic) bond motifs is 1. The number of benzene rings is 2. The Morgan fingerprint density at radius 3 is 2.67 bits per heavy atom. The molecule has 138 valence electrons. The molecule has 0 spiro atoms. The number of hydrogen-bond donors (Lipinski definition) is 1. The Morgan fingerprint density at radius 2 is 1.93 bits per heavy atom. The lowest BCUT2D eigenvalue weighted by Gasteiger charge is -2.11. The Balaban J connectivity index is 1.54. The molecule has 0 saturated carbocycles. The normalized spacial score (nSPS) is 11.1. The molecule has 1 N–H and O–H groups in total. The minimum Gasteiger partial charge on any atom is -0.378 e. The zero-order valence-corrected chi connectivity index (χ0v) is 16.5. The van der Waals surface area contributed by atoms with Gasteiger partial charge in [-0.3, -0.25) is 4.79 Å². The molecular formula is C21H22N4OS. The number of nitrogens with one attached hydrogen (secondary N) is 1. The van der Waals surface area contributed by atoms with Gasteiger partial charge in [-0.25, -0.2) is 10.4 Å². The minimum atomic E-state index is -0.159. The summed E-state index contributed by atoms with van der Waals surface area (Å²) in [6.45, 7) is 2.06. The predicted octanol–water partition coefficient (Wildman–Crippen LogP) is 3.85. The molecule has 6 heteroatoms. The third-order valence-electron chi connectivity index (χ3n) is 4.06. The zero-order chi connectivity index (χ0) is 19.2. The lowest BCUT2D eigenvalue weighted by Crippen LogP contribution is -2.19. The van der Waals surface area contributed by atoms with Crippen molar-refractivity contribution in [1.82, 2.24) is 10.4 Å². The fourth-order valence-electron chi connectivity index (χ4n) is 2.60. The minimum absolute atomic E-state index is 0.159. The number of carbonyl (C=O) groups is 1. The molecule has 0 saturated heterocycles. The van der Waals surface area contributed by atoms with Gasteiger partial charge in [-0.2, -0.15) is 5.10 Å². The first kappa shape index (κ1) is 18.9. The summed E-state index contributed by atoms with van der Waals surface area (Å²) in [5.41, 5.74) is 6.71. The predicted molar refractivity (Wildman–Crippen MR) is 114 cm³/mol. The molecule has 2 aromatic carbocycles. The molecule has 3 aromatic rings. The first-order chi connectivity index (χ1) is 13.0. The van der Waals surface area contributed by atoms with Crippen LogP contribution >= 0.6 is 11.8 Å². The van der Waals surface area contributed by atoms with E-state index in [0.29, 0.717) is 0 Å². The van der Waals surface area contributed by atoms with Crippen LogP contribution in [0.5, 0.6) is 0 Å². The van der Waals surface area contributed by atoms with Crippen molar-refractivity contribution in [1.29, 1.82) is 0 Å². The summed E-state index contributed by atoms with van der Waals surface area (Å²) in [6.07, 6.45) is 1.64. The Kier molecular flexibility index (Phi) is 6.08. The molecule has 1 aromatic heterocycles. The molecule has 0 unspecified atom stereocenters. The van der Waals surface area contributed by atoms with Crippen LogP contribution in [-0.2, 0) is 4.79 Å². The molecule has 0 aliphatic heterocycles. The van der Waals surface area contributed by atoms with Crippen LogP contribution in [0.15, 0.2) is 64.7 Å². The summed E-state index contributed by atoms with van der Waals surface area (Å²) in [6, 6.07) is 18.0. The van der Waals surface area contributed by atoms with E-state index in [4.69, 9.17) is 0 Å². The number of thioether (sulfide) groups is 1. The number of amides is 1. The summed E-state index contributed by atoms with van der Waals surface area (Å²) in [5.74, 6) is 0.107. The second kappa shape index (κ2) is 8.68. The lowest BCUT2D eigenvalue weighted by atomic mass is 10.1. The van der Waals surface area contributed by atoms with Crippen molar-refractivity contribution in [3.05, 3.63) is 65.7 Å². The van der Waals surface area contributed by atoms with Crippen LogP contribution in [0.25, 0.3) is 10.9 Å². The monoisotopic (exact) mass is 378 g/mol. The van der Waals surface area contributed by atoms with E-state index >= 15 is 0 Å². The van der Waals surface area contributed by atoms with Crippen LogP contribution in [0.3, 0.4) is 0 Å². The molecule has 0 atom stereocenters. The van der Waals surface area contributed by atoms with E-state index in [1.807, 2.05) is 67.5 Å². The van der Waals surface area contributed by atoms with Gasteiger partial charge in [0.2, 0.25) is 5.91 Å². The Morgan fingerprint density at radius 1 is 1.19 bits per heavy atom. The highest BCUT2D eigenvalue weighted by Crippen LogP contribution is 2.23. The van der Waals surface area contributed by atoms with Crippen molar-refractivity contribution < 1.29 is 4.79 Å². The number of pyridine rings is 1. The third-order valence-corrected chi connectivity index (χ3v) is 4.97. The van der Waals surface area contributed by atoms with E-state index < -0.39 is 0 Å². The third kappa shape index (κ3) is 5.08. The number of carbonyl (C=O) groups excluding carboxylic acids is 1. The van der Waals surface area contributed by atoms with Crippen molar-refractivity contribution in [3.63, 3.8) is 0 Å². The number of hydrazone groups is 1. The smallest absolute Gasteiger partial charge is 0.250 e. The molecule has 1 heterocycles. The molecular weight excluding hydrogens is 356 g/mol. The van der Waals surface area contributed by atoms with Gasteiger partial charge in [0.25, 0.3) is 0 Å². The molecule has 0 bridgehead atoms. The van der Waals surface area contributed by atoms with Gasteiger partial charge in [-0.05, 0) is 42.3 Å². The number of aryl methyl sites for hydroxylation is 1. The quantitative estimate of drug-likeness (QED) is 0.402. The topological polar surface area (TPSA) is 57.6 Å². The highest BCUT2D eigenvalue weighted by atomic mass is 32.2. The Labute approximate surface area is 163 Å². The van der Waals surface area contributed by atoms with Crippen molar-refractivity contribution in [2.75, 3.05) is 24.7 Å². The molecule has 0 aliphatic carbocycles. The maximum Gasteiger partial charge on any atom is 0.250 e. The second-order valence-electron chi connectivity index (χ2n) is 6.36. The Bertz CT molecular complexity index is 968. The first-order valence-electron chi connectivity index (χ1n) is 8.61. The number of anilines is 1. The van der Waals surface area contributed by atoms with Gasteiger partial charge in [-0.1, -0.05) is 42.1 Å². The Hall–Kier alpha value is -2.86. The molecule has 3 rings (SSSR count). The standard InChI is InChI=1S/C21H22N4OS/c1-15-12-21(23-19-7-5-4-6-18(15)19)27-14-20(26)24-22-13-16-8-10-17(11-9-16)25(2)3/h4-13H,14H2,1-3H3,(H,24,26)/b22-13+. The number of para-hydroxylation sites is 1. The molecule has 5 nitrogen and oxygen atoms in total. The summed E-state index contributed by atoms with van der Waals surface area (Å²) in [5, 5.41) is 6.00. The number of nitrogens with zero attached hydrogens (tertiary/aromatic N) is 3. The van der Waals surface area contributed by atoms with Gasteiger partial charge in [0.15, 0.2) is 0 Å². The number of hydrogen-bond acceptors (Lipinski definition) is 5. The van der Waals surface area contributed by atoms with Crippen LogP contribution in [0.2, 0.25) is 0 Å². The van der Waals surface area contributed by atoms with Crippen molar-refractivity contribution in [3.8, 4) is 0 Å². The molecule has 27 heavy (non-hydrogen) atoms. The van der Waals surface area contributed by atoms with Gasteiger partial charge in [0, 0.05) is 25.2 Å². The SMILES string of the molecule is Cc1cc(SCC(=O)N/N=C/c2ccc(N(C)C)cc2)nc2ccccc12. The van der Waals surface area contributed by atoms with Gasteiger partial charge >= 0.3 is 0 Å². The average molecular weight is 379 g/mol. The molecule has 1 amide bonds. The fraction of sp³-hybridized carbons (Fsp3) is 0.190. The second-order valence-corrected chi connectivity index (χ2v) is 7.36. The van der Waals surface area contributed by atoms with E-state index in [2.05, 4.69) is 28.5 Å². The average Bonchev–Trinajstić information content (AvgIpc) is 2.67. The summed E-state index contributed by atoms with van der Waals surface area (Å²) >= 11 is 1.41. The molecule has 0 radical (unpaired) electrons. The van der Waals surface area contributed by atoms with Crippen molar-refractivity contribution in [2.45, 2.75) is 11.9 Å². The van der Waals surface area contributed by atoms with Gasteiger partial charge < -0.3 is 4.90 Å². The van der Waals surface area contributed by atoms with Crippen LogP contribution in [-0.4, -0.2) is 37.0 Å². The van der Waals surface area contributed by atoms with Crippen LogP contribution < -0.4 is 10.3 Å². The highest BCUT2D eigenvalue weighted by Gasteiger charge is 2.06. The van der Waals surface area contributed by atoms with Crippen LogP contribution in [0, 0.1) is 6.92 Å². The molecule has 0 aliphatic rings. The first-order valence-corrected chi connectivity index (χ1v) is 9.60. The summed E-state index contributed by atoms with van der Waals surface area (Å²) < 4.78 is 0. The number of aromatic nitrogens is 1. The highest BCUT2D eigenvalue weighted by molar-refractivity contribution is 7.99. The summed E-state index contributed by atoms with van der Waals surface area (Å²) in [4.78, 5) is 18.6. The van der Waals surface area contributed by atoms with Crippen molar-refractivity contribution >= 4 is 40.5 Å². The maximum atomic E-state index is 12.0. The maximum absolute atomic E-state index is 12.0. The molecule has 0 fully saturated rings. The fourth-order valence-corrected chi connectivity index (χ4v) is 3.37. The number of rotatable bonds is 6. The van der Waals surface area contributed by atoms with Gasteiger partial charge in [0.05, 0.1) is 22.5 Å². The zero-order valence-electron chi connectivity index (χ0n) is 15.6. The van der Waals surface area contributed by atoms with Crippen LogP contribution in [0.4, 0.5) is 5.69 Å². The van der Waals surface area contributed by atoms with E-state index in [0.717, 1.165) is 32.7 Å². The van der Waals surface area contributed by atoms with Gasteiger partial charge in [0.1, 0.15) is 0 Å².